The lowest BCUT2D eigenvalue weighted by molar-refractivity contribution is -0.129. The van der Waals surface area contributed by atoms with Crippen LogP contribution in [0.2, 0.25) is 0 Å². The Morgan fingerprint density at radius 3 is 2.62 bits per heavy atom. The van der Waals surface area contributed by atoms with Crippen LogP contribution in [-0.2, 0) is 9.53 Å². The van der Waals surface area contributed by atoms with Gasteiger partial charge in [0.15, 0.2) is 23.0 Å². The number of nitrogens with zero attached hydrogens (tertiary/aromatic N) is 1. The second kappa shape index (κ2) is 10.0. The van der Waals surface area contributed by atoms with E-state index >= 15 is 0 Å². The number of fused-ring (bicyclic) bond motifs is 1. The molecular weight excluding hydrogens is 438 g/mol. The number of Topliss-reactive ketones (excluding diaryl/α,β-unsaturated/α-hetero) is 1. The molecule has 8 heteroatoms. The summed E-state index contributed by atoms with van der Waals surface area (Å²) >= 11 is 0. The molecule has 0 fully saturated rings. The van der Waals surface area contributed by atoms with Crippen LogP contribution in [-0.4, -0.2) is 55.7 Å². The Bertz CT molecular complexity index is 1210. The summed E-state index contributed by atoms with van der Waals surface area (Å²) in [5, 5.41) is 11.6. The van der Waals surface area contributed by atoms with Crippen molar-refractivity contribution in [1.82, 2.24) is 4.90 Å². The molecule has 0 bridgehead atoms. The summed E-state index contributed by atoms with van der Waals surface area (Å²) in [5.41, 5.74) is 1.12. The first-order valence-electron chi connectivity index (χ1n) is 11.1. The molecule has 0 saturated carbocycles. The lowest BCUT2D eigenvalue weighted by Gasteiger charge is -2.27. The lowest BCUT2D eigenvalue weighted by atomic mass is 9.94. The van der Waals surface area contributed by atoms with Gasteiger partial charge in [0.2, 0.25) is 5.78 Å². The molecule has 0 saturated heterocycles. The van der Waals surface area contributed by atoms with Gasteiger partial charge in [0.25, 0.3) is 5.91 Å². The smallest absolute Gasteiger partial charge is 0.290 e. The van der Waals surface area contributed by atoms with Crippen LogP contribution < -0.4 is 9.47 Å². The highest BCUT2D eigenvalue weighted by molar-refractivity contribution is 6.16. The molecule has 1 aliphatic heterocycles. The van der Waals surface area contributed by atoms with Crippen LogP contribution in [0.25, 0.3) is 11.0 Å². The van der Waals surface area contributed by atoms with E-state index in [4.69, 9.17) is 18.6 Å². The number of ether oxygens (including phenoxy) is 3. The van der Waals surface area contributed by atoms with Gasteiger partial charge in [0.05, 0.1) is 25.3 Å². The van der Waals surface area contributed by atoms with E-state index in [0.717, 1.165) is 5.39 Å². The zero-order valence-electron chi connectivity index (χ0n) is 19.4. The molecule has 1 amide bonds. The second-order valence-corrected chi connectivity index (χ2v) is 7.83. The number of hydrogen-bond donors (Lipinski definition) is 1. The van der Waals surface area contributed by atoms with Crippen molar-refractivity contribution in [2.45, 2.75) is 19.4 Å². The number of ketones is 1. The Morgan fingerprint density at radius 2 is 1.91 bits per heavy atom. The number of methoxy groups -OCH3 is 2. The second-order valence-electron chi connectivity index (χ2n) is 7.83. The van der Waals surface area contributed by atoms with Crippen molar-refractivity contribution in [3.63, 3.8) is 0 Å². The summed E-state index contributed by atoms with van der Waals surface area (Å²) < 4.78 is 22.0. The molecule has 3 aromatic rings. The lowest BCUT2D eigenvalue weighted by Crippen LogP contribution is -2.32. The highest BCUT2D eigenvalue weighted by atomic mass is 16.5. The SMILES string of the molecule is CCOc1ccc(C2C(C(=O)c3cc4ccccc4o3)=C(O)C(=O)N2CCCOC)cc1OC. The van der Waals surface area contributed by atoms with Gasteiger partial charge in [0.1, 0.15) is 5.58 Å². The third-order valence-electron chi connectivity index (χ3n) is 5.75. The van der Waals surface area contributed by atoms with Crippen LogP contribution >= 0.6 is 0 Å². The molecule has 2 aromatic carbocycles. The van der Waals surface area contributed by atoms with Crippen molar-refractivity contribution in [3.8, 4) is 11.5 Å². The molecule has 178 valence electrons. The third kappa shape index (κ3) is 4.24. The average Bonchev–Trinajstić information content (AvgIpc) is 3.39. The quantitative estimate of drug-likeness (QED) is 0.349. The van der Waals surface area contributed by atoms with E-state index < -0.39 is 23.5 Å². The summed E-state index contributed by atoms with van der Waals surface area (Å²) in [6.45, 7) is 3.03. The number of rotatable bonds is 10. The fraction of sp³-hybridized carbons (Fsp3) is 0.308. The zero-order valence-corrected chi connectivity index (χ0v) is 19.4. The van der Waals surface area contributed by atoms with Crippen LogP contribution in [0.3, 0.4) is 0 Å². The number of hydrogen-bond acceptors (Lipinski definition) is 7. The van der Waals surface area contributed by atoms with Crippen molar-refractivity contribution in [3.05, 3.63) is 71.2 Å². The molecule has 1 aromatic heterocycles. The monoisotopic (exact) mass is 465 g/mol. The highest BCUT2D eigenvalue weighted by Gasteiger charge is 2.44. The Balaban J connectivity index is 1.79. The number of aliphatic hydroxyl groups excluding tert-OH is 1. The standard InChI is InChI=1S/C26H27NO7/c1-4-33-19-11-10-17(15-20(19)32-3)23-22(25(29)26(30)27(23)12-7-13-31-2)24(28)21-14-16-8-5-6-9-18(16)34-21/h5-6,8-11,14-15,23,29H,4,7,12-13H2,1-3H3. The minimum atomic E-state index is -0.824. The minimum Gasteiger partial charge on any atom is -0.503 e. The number of aliphatic hydroxyl groups is 1. The van der Waals surface area contributed by atoms with Gasteiger partial charge in [-0.05, 0) is 43.2 Å². The van der Waals surface area contributed by atoms with Crippen molar-refractivity contribution < 1.29 is 33.3 Å². The van der Waals surface area contributed by atoms with Crippen LogP contribution in [0.5, 0.6) is 11.5 Å². The summed E-state index contributed by atoms with van der Waals surface area (Å²) in [6, 6.07) is 13.2. The Kier molecular flexibility index (Phi) is 6.88. The van der Waals surface area contributed by atoms with Crippen molar-refractivity contribution in [2.75, 3.05) is 34.0 Å². The molecule has 4 rings (SSSR count). The largest absolute Gasteiger partial charge is 0.503 e. The molecule has 1 aliphatic rings. The van der Waals surface area contributed by atoms with Gasteiger partial charge in [-0.2, -0.15) is 0 Å². The van der Waals surface area contributed by atoms with Gasteiger partial charge in [-0.3, -0.25) is 9.59 Å². The number of carbonyl (C=O) groups excluding carboxylic acids is 2. The van der Waals surface area contributed by atoms with Crippen LogP contribution in [0, 0.1) is 0 Å². The fourth-order valence-electron chi connectivity index (χ4n) is 4.20. The van der Waals surface area contributed by atoms with E-state index in [9.17, 15) is 14.7 Å². The molecule has 1 N–H and O–H groups in total. The van der Waals surface area contributed by atoms with Crippen LogP contribution in [0.15, 0.2) is 64.3 Å². The van der Waals surface area contributed by atoms with E-state index in [1.165, 1.54) is 12.0 Å². The summed E-state index contributed by atoms with van der Waals surface area (Å²) in [5.74, 6) is -0.687. The van der Waals surface area contributed by atoms with Crippen LogP contribution in [0.4, 0.5) is 0 Å². The van der Waals surface area contributed by atoms with E-state index in [0.29, 0.717) is 42.3 Å². The number of amides is 1. The predicted octanol–water partition coefficient (Wildman–Crippen LogP) is 4.45. The van der Waals surface area contributed by atoms with E-state index in [-0.39, 0.29) is 17.9 Å². The highest BCUT2D eigenvalue weighted by Crippen LogP contribution is 2.42. The summed E-state index contributed by atoms with van der Waals surface area (Å²) in [4.78, 5) is 28.1. The molecule has 0 radical (unpaired) electrons. The zero-order chi connectivity index (χ0) is 24.2. The third-order valence-corrected chi connectivity index (χ3v) is 5.75. The predicted molar refractivity (Wildman–Crippen MR) is 125 cm³/mol. The number of furan rings is 1. The summed E-state index contributed by atoms with van der Waals surface area (Å²) in [7, 11) is 3.10. The maximum absolute atomic E-state index is 13.6. The van der Waals surface area contributed by atoms with Gasteiger partial charge < -0.3 is 28.6 Å². The van der Waals surface area contributed by atoms with Crippen molar-refractivity contribution >= 4 is 22.7 Å². The first-order chi connectivity index (χ1) is 16.5. The molecule has 1 unspecified atom stereocenters. The van der Waals surface area contributed by atoms with Gasteiger partial charge in [-0.1, -0.05) is 24.3 Å². The first kappa shape index (κ1) is 23.4. The van der Waals surface area contributed by atoms with Crippen LogP contribution in [0.1, 0.15) is 35.5 Å². The molecule has 34 heavy (non-hydrogen) atoms. The Morgan fingerprint density at radius 1 is 1.12 bits per heavy atom. The minimum absolute atomic E-state index is 0.0346. The molecular formula is C26H27NO7. The number of carbonyl (C=O) groups is 2. The van der Waals surface area contributed by atoms with E-state index in [2.05, 4.69) is 0 Å². The first-order valence-corrected chi connectivity index (χ1v) is 11.1. The van der Waals surface area contributed by atoms with Crippen molar-refractivity contribution in [2.24, 2.45) is 0 Å². The van der Waals surface area contributed by atoms with Crippen molar-refractivity contribution in [1.29, 1.82) is 0 Å². The molecule has 8 nitrogen and oxygen atoms in total. The van der Waals surface area contributed by atoms with Gasteiger partial charge in [0, 0.05) is 25.6 Å². The van der Waals surface area contributed by atoms with E-state index in [1.54, 1.807) is 37.4 Å². The maximum atomic E-state index is 13.6. The number of para-hydroxylation sites is 1. The van der Waals surface area contributed by atoms with Gasteiger partial charge in [-0.25, -0.2) is 0 Å². The maximum Gasteiger partial charge on any atom is 0.290 e. The summed E-state index contributed by atoms with van der Waals surface area (Å²) in [6.07, 6.45) is 0.534. The molecule has 0 aliphatic carbocycles. The topological polar surface area (TPSA) is 98.4 Å². The Labute approximate surface area is 197 Å². The molecule has 0 spiro atoms. The van der Waals surface area contributed by atoms with Gasteiger partial charge >= 0.3 is 0 Å². The fourth-order valence-corrected chi connectivity index (χ4v) is 4.20. The van der Waals surface area contributed by atoms with Gasteiger partial charge in [-0.15, -0.1) is 0 Å². The molecule has 2 heterocycles. The normalized spacial score (nSPS) is 15.9. The molecule has 1 atom stereocenters. The number of benzene rings is 2. The van der Waals surface area contributed by atoms with E-state index in [1.807, 2.05) is 25.1 Å². The Hall–Kier alpha value is -3.78. The average molecular weight is 466 g/mol.